The topological polar surface area (TPSA) is 3.24 Å². The van der Waals surface area contributed by atoms with Crippen LogP contribution < -0.4 is 4.90 Å². The number of hydrogen-bond acceptors (Lipinski definition) is 1. The van der Waals surface area contributed by atoms with Gasteiger partial charge in [-0.2, -0.15) is 0 Å². The van der Waals surface area contributed by atoms with Gasteiger partial charge in [-0.25, -0.2) is 0 Å². The monoisotopic (exact) mass is 599 g/mol. The third-order valence-electron chi connectivity index (χ3n) is 8.85. The van der Waals surface area contributed by atoms with Gasteiger partial charge in [0.05, 0.1) is 11.4 Å². The number of nitrogens with zero attached hydrogens (tertiary/aromatic N) is 1. The molecule has 0 fully saturated rings. The second-order valence-electron chi connectivity index (χ2n) is 11.8. The highest BCUT2D eigenvalue weighted by atomic mass is 15.1. The van der Waals surface area contributed by atoms with Crippen molar-refractivity contribution in [3.63, 3.8) is 0 Å². The van der Waals surface area contributed by atoms with Crippen molar-refractivity contribution in [3.05, 3.63) is 200 Å². The Bertz CT molecular complexity index is 2290. The highest BCUT2D eigenvalue weighted by molar-refractivity contribution is 5.96. The van der Waals surface area contributed by atoms with E-state index in [9.17, 15) is 0 Å². The van der Waals surface area contributed by atoms with E-state index in [2.05, 4.69) is 205 Å². The summed E-state index contributed by atoms with van der Waals surface area (Å²) < 4.78 is 0. The van der Waals surface area contributed by atoms with Gasteiger partial charge in [0.1, 0.15) is 0 Å². The molecular weight excluding hydrogens is 567 g/mol. The Kier molecular flexibility index (Phi) is 7.63. The van der Waals surface area contributed by atoms with Crippen LogP contribution in [-0.2, 0) is 0 Å². The SMILES string of the molecule is c1ccc(-c2cccc(N(c3ccccc3-c3ccccc3)c3cc(-c4ccc5ccccc5c4)ccc3-c3ccccc3)c2)cc1. The normalized spacial score (nSPS) is 11.0. The van der Waals surface area contributed by atoms with E-state index >= 15 is 0 Å². The number of para-hydroxylation sites is 1. The van der Waals surface area contributed by atoms with Gasteiger partial charge in [0.15, 0.2) is 0 Å². The van der Waals surface area contributed by atoms with Crippen molar-refractivity contribution in [2.45, 2.75) is 0 Å². The van der Waals surface area contributed by atoms with Crippen LogP contribution in [0.15, 0.2) is 200 Å². The van der Waals surface area contributed by atoms with Crippen molar-refractivity contribution in [3.8, 4) is 44.5 Å². The number of hydrogen-bond donors (Lipinski definition) is 0. The zero-order chi connectivity index (χ0) is 31.4. The third kappa shape index (κ3) is 5.72. The molecule has 0 heterocycles. The van der Waals surface area contributed by atoms with E-state index in [-0.39, 0.29) is 0 Å². The summed E-state index contributed by atoms with van der Waals surface area (Å²) in [4.78, 5) is 2.45. The van der Waals surface area contributed by atoms with Crippen LogP contribution in [0.2, 0.25) is 0 Å². The van der Waals surface area contributed by atoms with Gasteiger partial charge in [-0.15, -0.1) is 0 Å². The molecule has 0 bridgehead atoms. The van der Waals surface area contributed by atoms with Gasteiger partial charge in [-0.1, -0.05) is 170 Å². The molecule has 0 aliphatic rings. The van der Waals surface area contributed by atoms with Crippen molar-refractivity contribution in [1.82, 2.24) is 0 Å². The smallest absolute Gasteiger partial charge is 0.0546 e. The molecular formula is C46H33N. The Hall–Kier alpha value is -6.18. The van der Waals surface area contributed by atoms with Crippen LogP contribution in [0.5, 0.6) is 0 Å². The molecule has 47 heavy (non-hydrogen) atoms. The van der Waals surface area contributed by atoms with Crippen molar-refractivity contribution in [2.24, 2.45) is 0 Å². The quantitative estimate of drug-likeness (QED) is 0.176. The zero-order valence-corrected chi connectivity index (χ0v) is 26.0. The lowest BCUT2D eigenvalue weighted by molar-refractivity contribution is 1.28. The summed E-state index contributed by atoms with van der Waals surface area (Å²) in [6.45, 7) is 0. The molecule has 0 aliphatic carbocycles. The molecule has 0 spiro atoms. The molecule has 0 N–H and O–H groups in total. The average Bonchev–Trinajstić information content (AvgIpc) is 3.16. The fourth-order valence-corrected chi connectivity index (χ4v) is 6.52. The van der Waals surface area contributed by atoms with Crippen molar-refractivity contribution in [1.29, 1.82) is 0 Å². The van der Waals surface area contributed by atoms with Gasteiger partial charge in [-0.3, -0.25) is 0 Å². The first-order valence-electron chi connectivity index (χ1n) is 16.1. The van der Waals surface area contributed by atoms with Gasteiger partial charge < -0.3 is 4.90 Å². The minimum Gasteiger partial charge on any atom is -0.309 e. The molecule has 222 valence electrons. The summed E-state index contributed by atoms with van der Waals surface area (Å²) in [7, 11) is 0. The Morgan fingerprint density at radius 3 is 1.49 bits per heavy atom. The van der Waals surface area contributed by atoms with E-state index in [4.69, 9.17) is 0 Å². The summed E-state index contributed by atoms with van der Waals surface area (Å²) in [6, 6.07) is 72.0. The minimum atomic E-state index is 1.10. The van der Waals surface area contributed by atoms with Gasteiger partial charge in [0.25, 0.3) is 0 Å². The van der Waals surface area contributed by atoms with Gasteiger partial charge in [0, 0.05) is 16.8 Å². The highest BCUT2D eigenvalue weighted by Gasteiger charge is 2.22. The first-order valence-corrected chi connectivity index (χ1v) is 16.1. The molecule has 0 atom stereocenters. The van der Waals surface area contributed by atoms with Crippen LogP contribution in [0.3, 0.4) is 0 Å². The number of rotatable bonds is 7. The molecule has 0 aliphatic heterocycles. The van der Waals surface area contributed by atoms with E-state index in [0.717, 1.165) is 17.1 Å². The van der Waals surface area contributed by atoms with Crippen LogP contribution in [0, 0.1) is 0 Å². The van der Waals surface area contributed by atoms with Crippen LogP contribution in [-0.4, -0.2) is 0 Å². The first kappa shape index (κ1) is 28.3. The molecule has 0 radical (unpaired) electrons. The maximum atomic E-state index is 2.45. The summed E-state index contributed by atoms with van der Waals surface area (Å²) in [6.07, 6.45) is 0. The molecule has 0 saturated carbocycles. The first-order chi connectivity index (χ1) is 23.3. The van der Waals surface area contributed by atoms with Crippen molar-refractivity contribution in [2.75, 3.05) is 4.90 Å². The molecule has 0 amide bonds. The maximum absolute atomic E-state index is 2.45. The lowest BCUT2D eigenvalue weighted by atomic mass is 9.94. The minimum absolute atomic E-state index is 1.10. The summed E-state index contributed by atoms with van der Waals surface area (Å²) in [5.74, 6) is 0. The molecule has 0 aromatic heterocycles. The Morgan fingerprint density at radius 2 is 0.766 bits per heavy atom. The summed E-state index contributed by atoms with van der Waals surface area (Å²) in [5, 5.41) is 2.48. The molecule has 0 saturated heterocycles. The molecule has 0 unspecified atom stereocenters. The highest BCUT2D eigenvalue weighted by Crippen LogP contribution is 2.46. The van der Waals surface area contributed by atoms with Crippen molar-refractivity contribution >= 4 is 27.8 Å². The molecule has 8 rings (SSSR count). The fourth-order valence-electron chi connectivity index (χ4n) is 6.52. The fraction of sp³-hybridized carbons (Fsp3) is 0. The van der Waals surface area contributed by atoms with Crippen LogP contribution >= 0.6 is 0 Å². The largest absolute Gasteiger partial charge is 0.309 e. The van der Waals surface area contributed by atoms with E-state index in [1.165, 1.54) is 55.3 Å². The maximum Gasteiger partial charge on any atom is 0.0546 e. The summed E-state index contributed by atoms with van der Waals surface area (Å²) in [5.41, 5.74) is 12.8. The zero-order valence-electron chi connectivity index (χ0n) is 26.0. The lowest BCUT2D eigenvalue weighted by Gasteiger charge is -2.31. The third-order valence-corrected chi connectivity index (χ3v) is 8.85. The number of benzene rings is 8. The summed E-state index contributed by atoms with van der Waals surface area (Å²) >= 11 is 0. The second kappa shape index (κ2) is 12.7. The van der Waals surface area contributed by atoms with Gasteiger partial charge in [-0.05, 0) is 74.5 Å². The number of fused-ring (bicyclic) bond motifs is 1. The van der Waals surface area contributed by atoms with Gasteiger partial charge >= 0.3 is 0 Å². The van der Waals surface area contributed by atoms with E-state index in [1.54, 1.807) is 0 Å². The second-order valence-corrected chi connectivity index (χ2v) is 11.8. The number of anilines is 3. The Balaban J connectivity index is 1.41. The predicted octanol–water partition coefficient (Wildman–Crippen LogP) is 13.0. The van der Waals surface area contributed by atoms with Crippen LogP contribution in [0.25, 0.3) is 55.3 Å². The predicted molar refractivity (Wildman–Crippen MR) is 200 cm³/mol. The Labute approximate surface area is 276 Å². The molecule has 1 heteroatoms. The standard InChI is InChI=1S/C46H33N/c1-4-15-34(16-5-1)39-23-14-24-42(32-39)47(45-26-13-12-25-43(45)36-18-6-2-7-19-36)46-33-41(29-30-44(46)37-20-8-3-9-21-37)40-28-27-35-17-10-11-22-38(35)31-40/h1-33H. The molecule has 1 nitrogen and oxygen atoms in total. The lowest BCUT2D eigenvalue weighted by Crippen LogP contribution is -2.13. The van der Waals surface area contributed by atoms with Crippen LogP contribution in [0.1, 0.15) is 0 Å². The van der Waals surface area contributed by atoms with E-state index in [0.29, 0.717) is 0 Å². The van der Waals surface area contributed by atoms with Gasteiger partial charge in [0.2, 0.25) is 0 Å². The van der Waals surface area contributed by atoms with Crippen LogP contribution in [0.4, 0.5) is 17.1 Å². The Morgan fingerprint density at radius 1 is 0.255 bits per heavy atom. The van der Waals surface area contributed by atoms with E-state index < -0.39 is 0 Å². The van der Waals surface area contributed by atoms with E-state index in [1.807, 2.05) is 0 Å². The molecule has 8 aromatic carbocycles. The van der Waals surface area contributed by atoms with Crippen molar-refractivity contribution < 1.29 is 0 Å². The molecule has 8 aromatic rings. The average molecular weight is 600 g/mol.